The maximum absolute atomic E-state index is 12.6. The van der Waals surface area contributed by atoms with E-state index in [0.29, 0.717) is 25.5 Å². The number of halogens is 3. The smallest absolute Gasteiger partial charge is 0.372 e. The Hall–Kier alpha value is -1.56. The van der Waals surface area contributed by atoms with Crippen molar-refractivity contribution in [2.75, 3.05) is 24.6 Å². The van der Waals surface area contributed by atoms with E-state index in [1.807, 2.05) is 4.90 Å². The Balaban J connectivity index is 2.05. The normalized spacial score (nSPS) is 19.7. The second-order valence-corrected chi connectivity index (χ2v) is 4.38. The fourth-order valence-corrected chi connectivity index (χ4v) is 2.04. The third-order valence-electron chi connectivity index (χ3n) is 2.99. The Bertz CT molecular complexity index is 448. The Morgan fingerprint density at radius 1 is 1.53 bits per heavy atom. The van der Waals surface area contributed by atoms with E-state index >= 15 is 0 Å². The maximum Gasteiger partial charge on any atom is 0.416 e. The molecular formula is C13H15F3N2O. The van der Waals surface area contributed by atoms with Gasteiger partial charge in [-0.15, -0.1) is 6.58 Å². The first-order valence-corrected chi connectivity index (χ1v) is 6.01. The van der Waals surface area contributed by atoms with Gasteiger partial charge in [-0.25, -0.2) is 4.98 Å². The van der Waals surface area contributed by atoms with Crippen molar-refractivity contribution in [1.82, 2.24) is 4.98 Å². The van der Waals surface area contributed by atoms with Gasteiger partial charge in [0, 0.05) is 19.3 Å². The number of anilines is 1. The molecule has 2 rings (SSSR count). The summed E-state index contributed by atoms with van der Waals surface area (Å²) < 4.78 is 43.3. The summed E-state index contributed by atoms with van der Waals surface area (Å²) in [4.78, 5) is 5.81. The molecular weight excluding hydrogens is 257 g/mol. The van der Waals surface area contributed by atoms with Gasteiger partial charge >= 0.3 is 6.18 Å². The van der Waals surface area contributed by atoms with Gasteiger partial charge in [0.05, 0.1) is 18.3 Å². The summed E-state index contributed by atoms with van der Waals surface area (Å²) in [7, 11) is 0. The number of aromatic nitrogens is 1. The Labute approximate surface area is 109 Å². The van der Waals surface area contributed by atoms with E-state index in [0.717, 1.165) is 18.6 Å². The molecule has 6 heteroatoms. The Kier molecular flexibility index (Phi) is 4.09. The van der Waals surface area contributed by atoms with E-state index in [1.54, 1.807) is 6.08 Å². The Morgan fingerprint density at radius 2 is 2.32 bits per heavy atom. The average Bonchev–Trinajstić information content (AvgIpc) is 2.84. The zero-order valence-corrected chi connectivity index (χ0v) is 10.4. The molecule has 0 amide bonds. The van der Waals surface area contributed by atoms with Crippen molar-refractivity contribution in [2.45, 2.75) is 18.7 Å². The second kappa shape index (κ2) is 5.61. The van der Waals surface area contributed by atoms with E-state index in [4.69, 9.17) is 4.74 Å². The van der Waals surface area contributed by atoms with Crippen molar-refractivity contribution in [3.8, 4) is 0 Å². The van der Waals surface area contributed by atoms with Crippen LogP contribution >= 0.6 is 0 Å². The quantitative estimate of drug-likeness (QED) is 0.788. The summed E-state index contributed by atoms with van der Waals surface area (Å²) in [6.07, 6.45) is -0.683. The van der Waals surface area contributed by atoms with Crippen LogP contribution in [0.2, 0.25) is 0 Å². The zero-order chi connectivity index (χ0) is 13.9. The van der Waals surface area contributed by atoms with Gasteiger partial charge in [-0.2, -0.15) is 13.2 Å². The van der Waals surface area contributed by atoms with Crippen molar-refractivity contribution in [3.05, 3.63) is 36.5 Å². The van der Waals surface area contributed by atoms with Crippen molar-refractivity contribution < 1.29 is 17.9 Å². The summed E-state index contributed by atoms with van der Waals surface area (Å²) in [5, 5.41) is 0. The lowest BCUT2D eigenvalue weighted by Gasteiger charge is -2.18. The van der Waals surface area contributed by atoms with Crippen molar-refractivity contribution in [1.29, 1.82) is 0 Å². The minimum atomic E-state index is -4.34. The molecule has 0 spiro atoms. The summed E-state index contributed by atoms with van der Waals surface area (Å²) in [5.41, 5.74) is -0.673. The summed E-state index contributed by atoms with van der Waals surface area (Å²) in [6, 6.07) is 2.06. The largest absolute Gasteiger partial charge is 0.416 e. The number of hydrogen-bond acceptors (Lipinski definition) is 3. The first kappa shape index (κ1) is 13.9. The molecule has 19 heavy (non-hydrogen) atoms. The molecule has 1 atom stereocenters. The molecule has 1 aliphatic rings. The van der Waals surface area contributed by atoms with Gasteiger partial charge in [0.15, 0.2) is 0 Å². The highest BCUT2D eigenvalue weighted by Crippen LogP contribution is 2.31. The van der Waals surface area contributed by atoms with Crippen molar-refractivity contribution >= 4 is 5.82 Å². The molecule has 0 N–H and O–H groups in total. The van der Waals surface area contributed by atoms with Crippen LogP contribution < -0.4 is 4.90 Å². The number of nitrogens with zero attached hydrogens (tertiary/aromatic N) is 2. The molecule has 1 aliphatic heterocycles. The standard InChI is InChI=1S/C13H15F3N2O/c1-2-7-19-11-4-6-18(9-11)12-8-10(3-5-17-12)13(14,15)16/h2-3,5,8,11H,1,4,6-7,9H2. The molecule has 1 fully saturated rings. The first-order chi connectivity index (χ1) is 9.00. The molecule has 1 saturated heterocycles. The highest BCUT2D eigenvalue weighted by molar-refractivity contribution is 5.43. The molecule has 1 aromatic heterocycles. The average molecular weight is 272 g/mol. The zero-order valence-electron chi connectivity index (χ0n) is 10.4. The minimum absolute atomic E-state index is 0.0225. The topological polar surface area (TPSA) is 25.4 Å². The van der Waals surface area contributed by atoms with Gasteiger partial charge in [0.1, 0.15) is 5.82 Å². The third kappa shape index (κ3) is 3.47. The van der Waals surface area contributed by atoms with E-state index in [9.17, 15) is 13.2 Å². The second-order valence-electron chi connectivity index (χ2n) is 4.38. The predicted octanol–water partition coefficient (Wildman–Crippen LogP) is 2.88. The molecule has 3 nitrogen and oxygen atoms in total. The lowest BCUT2D eigenvalue weighted by atomic mass is 10.2. The fourth-order valence-electron chi connectivity index (χ4n) is 2.04. The minimum Gasteiger partial charge on any atom is -0.372 e. The first-order valence-electron chi connectivity index (χ1n) is 6.01. The van der Waals surface area contributed by atoms with Gasteiger partial charge in [-0.1, -0.05) is 6.08 Å². The molecule has 0 aromatic carbocycles. The number of pyridine rings is 1. The van der Waals surface area contributed by atoms with Gasteiger partial charge in [-0.3, -0.25) is 0 Å². The third-order valence-corrected chi connectivity index (χ3v) is 2.99. The van der Waals surface area contributed by atoms with Crippen LogP contribution in [0.25, 0.3) is 0 Å². The molecule has 0 saturated carbocycles. The Morgan fingerprint density at radius 3 is 3.00 bits per heavy atom. The van der Waals surface area contributed by atoms with E-state index in [1.165, 1.54) is 6.20 Å². The summed E-state index contributed by atoms with van der Waals surface area (Å²) >= 11 is 0. The lowest BCUT2D eigenvalue weighted by molar-refractivity contribution is -0.137. The van der Waals surface area contributed by atoms with Crippen molar-refractivity contribution in [3.63, 3.8) is 0 Å². The van der Waals surface area contributed by atoms with Crippen LogP contribution in [0.15, 0.2) is 31.0 Å². The van der Waals surface area contributed by atoms with Crippen LogP contribution in [-0.4, -0.2) is 30.8 Å². The number of rotatable bonds is 4. The number of ether oxygens (including phenoxy) is 1. The highest BCUT2D eigenvalue weighted by Gasteiger charge is 2.32. The van der Waals surface area contributed by atoms with Crippen molar-refractivity contribution in [2.24, 2.45) is 0 Å². The fraction of sp³-hybridized carbons (Fsp3) is 0.462. The lowest BCUT2D eigenvalue weighted by Crippen LogP contribution is -2.24. The summed E-state index contributed by atoms with van der Waals surface area (Å²) in [5.74, 6) is 0.347. The van der Waals surface area contributed by atoms with Crippen LogP contribution in [0.5, 0.6) is 0 Å². The molecule has 104 valence electrons. The molecule has 2 heterocycles. The van der Waals surface area contributed by atoms with Crippen LogP contribution in [-0.2, 0) is 10.9 Å². The number of alkyl halides is 3. The van der Waals surface area contributed by atoms with Crippen LogP contribution in [0.1, 0.15) is 12.0 Å². The molecule has 0 radical (unpaired) electrons. The molecule has 1 unspecified atom stereocenters. The van der Waals surface area contributed by atoms with Gasteiger partial charge < -0.3 is 9.64 Å². The molecule has 0 bridgehead atoms. The predicted molar refractivity (Wildman–Crippen MR) is 66.0 cm³/mol. The maximum atomic E-state index is 12.6. The van der Waals surface area contributed by atoms with E-state index < -0.39 is 11.7 Å². The molecule has 0 aliphatic carbocycles. The van der Waals surface area contributed by atoms with Crippen LogP contribution in [0, 0.1) is 0 Å². The monoisotopic (exact) mass is 272 g/mol. The number of hydrogen-bond donors (Lipinski definition) is 0. The highest BCUT2D eigenvalue weighted by atomic mass is 19.4. The summed E-state index contributed by atoms with van der Waals surface area (Å²) in [6.45, 7) is 5.22. The van der Waals surface area contributed by atoms with E-state index in [2.05, 4.69) is 11.6 Å². The van der Waals surface area contributed by atoms with Gasteiger partial charge in [-0.05, 0) is 18.6 Å². The van der Waals surface area contributed by atoms with Crippen LogP contribution in [0.3, 0.4) is 0 Å². The van der Waals surface area contributed by atoms with Gasteiger partial charge in [0.2, 0.25) is 0 Å². The van der Waals surface area contributed by atoms with Crippen LogP contribution in [0.4, 0.5) is 19.0 Å². The van der Waals surface area contributed by atoms with E-state index in [-0.39, 0.29) is 6.10 Å². The molecule has 1 aromatic rings. The SMILES string of the molecule is C=CCOC1CCN(c2cc(C(F)(F)F)ccn2)C1. The van der Waals surface area contributed by atoms with Gasteiger partial charge in [0.25, 0.3) is 0 Å².